The Labute approximate surface area is 128 Å². The van der Waals surface area contributed by atoms with Crippen molar-refractivity contribution < 1.29 is 18.4 Å². The lowest BCUT2D eigenvalue weighted by atomic mass is 10.1. The standard InChI is InChI=1S/C15H21F2N3O2/c1-8(2)14(18)15(22)19-7-13(21)20-9(3)11-5-4-10(16)6-12(11)17/h4-6,8-9,14H,7,18H2,1-3H3,(H,19,22)(H,20,21)/t9-,14+/m1/s1. The van der Waals surface area contributed by atoms with Crippen LogP contribution in [0, 0.1) is 17.6 Å². The van der Waals surface area contributed by atoms with Crippen molar-refractivity contribution in [2.45, 2.75) is 32.9 Å². The first-order chi connectivity index (χ1) is 10.2. The van der Waals surface area contributed by atoms with Gasteiger partial charge in [0.1, 0.15) is 11.6 Å². The van der Waals surface area contributed by atoms with E-state index in [9.17, 15) is 18.4 Å². The van der Waals surface area contributed by atoms with Gasteiger partial charge in [-0.3, -0.25) is 9.59 Å². The van der Waals surface area contributed by atoms with Crippen LogP contribution in [0.5, 0.6) is 0 Å². The number of hydrogen-bond acceptors (Lipinski definition) is 3. The van der Waals surface area contributed by atoms with E-state index < -0.39 is 35.5 Å². The van der Waals surface area contributed by atoms with Gasteiger partial charge < -0.3 is 16.4 Å². The maximum Gasteiger partial charge on any atom is 0.239 e. The van der Waals surface area contributed by atoms with Crippen LogP contribution in [0.3, 0.4) is 0 Å². The number of halogens is 2. The fourth-order valence-corrected chi connectivity index (χ4v) is 1.81. The van der Waals surface area contributed by atoms with Crippen LogP contribution in [0.4, 0.5) is 8.78 Å². The largest absolute Gasteiger partial charge is 0.348 e. The fraction of sp³-hybridized carbons (Fsp3) is 0.467. The monoisotopic (exact) mass is 313 g/mol. The molecule has 0 fully saturated rings. The summed E-state index contributed by atoms with van der Waals surface area (Å²) in [7, 11) is 0. The molecule has 0 radical (unpaired) electrons. The number of nitrogens with two attached hydrogens (primary N) is 1. The van der Waals surface area contributed by atoms with E-state index in [1.54, 1.807) is 20.8 Å². The van der Waals surface area contributed by atoms with Crippen molar-refractivity contribution in [1.82, 2.24) is 10.6 Å². The van der Waals surface area contributed by atoms with Crippen LogP contribution < -0.4 is 16.4 Å². The van der Waals surface area contributed by atoms with E-state index >= 15 is 0 Å². The first kappa shape index (κ1) is 18.0. The lowest BCUT2D eigenvalue weighted by Crippen LogP contribution is -2.47. The summed E-state index contributed by atoms with van der Waals surface area (Å²) in [6.45, 7) is 4.90. The second-order valence-corrected chi connectivity index (χ2v) is 5.44. The molecule has 1 aromatic carbocycles. The molecule has 22 heavy (non-hydrogen) atoms. The Morgan fingerprint density at radius 2 is 1.86 bits per heavy atom. The van der Waals surface area contributed by atoms with Gasteiger partial charge in [-0.25, -0.2) is 8.78 Å². The summed E-state index contributed by atoms with van der Waals surface area (Å²) in [5, 5.41) is 4.94. The van der Waals surface area contributed by atoms with Crippen LogP contribution in [-0.2, 0) is 9.59 Å². The molecule has 0 aliphatic carbocycles. The molecule has 0 heterocycles. The van der Waals surface area contributed by atoms with Gasteiger partial charge in [0.05, 0.1) is 18.6 Å². The number of hydrogen-bond donors (Lipinski definition) is 3. The molecule has 2 amide bonds. The van der Waals surface area contributed by atoms with Crippen molar-refractivity contribution in [2.24, 2.45) is 11.7 Å². The molecule has 0 spiro atoms. The molecule has 7 heteroatoms. The number of amides is 2. The number of carbonyl (C=O) groups is 2. The zero-order valence-electron chi connectivity index (χ0n) is 12.8. The second kappa shape index (κ2) is 7.84. The number of rotatable bonds is 6. The minimum absolute atomic E-state index is 0.0460. The van der Waals surface area contributed by atoms with Gasteiger partial charge in [0.2, 0.25) is 11.8 Å². The molecule has 0 saturated carbocycles. The van der Waals surface area contributed by atoms with E-state index in [0.29, 0.717) is 0 Å². The molecule has 0 aromatic heterocycles. The van der Waals surface area contributed by atoms with Gasteiger partial charge in [-0.1, -0.05) is 19.9 Å². The molecule has 0 aliphatic heterocycles. The van der Waals surface area contributed by atoms with Gasteiger partial charge in [0.25, 0.3) is 0 Å². The molecular weight excluding hydrogens is 292 g/mol. The molecule has 5 nitrogen and oxygen atoms in total. The number of benzene rings is 1. The van der Waals surface area contributed by atoms with Gasteiger partial charge in [-0.2, -0.15) is 0 Å². The van der Waals surface area contributed by atoms with Gasteiger partial charge in [-0.05, 0) is 18.9 Å². The van der Waals surface area contributed by atoms with Crippen molar-refractivity contribution >= 4 is 11.8 Å². The van der Waals surface area contributed by atoms with Crippen molar-refractivity contribution in [3.8, 4) is 0 Å². The van der Waals surface area contributed by atoms with Crippen LogP contribution in [-0.4, -0.2) is 24.4 Å². The normalized spacial score (nSPS) is 13.6. The molecule has 1 aromatic rings. The van der Waals surface area contributed by atoms with Crippen LogP contribution >= 0.6 is 0 Å². The molecule has 122 valence electrons. The highest BCUT2D eigenvalue weighted by Gasteiger charge is 2.19. The summed E-state index contributed by atoms with van der Waals surface area (Å²) in [6.07, 6.45) is 0. The molecule has 0 unspecified atom stereocenters. The third kappa shape index (κ3) is 5.07. The minimum Gasteiger partial charge on any atom is -0.348 e. The Morgan fingerprint density at radius 1 is 1.23 bits per heavy atom. The lowest BCUT2D eigenvalue weighted by Gasteiger charge is -2.17. The predicted octanol–water partition coefficient (Wildman–Crippen LogP) is 1.24. The third-order valence-corrected chi connectivity index (χ3v) is 3.25. The first-order valence-corrected chi connectivity index (χ1v) is 7.00. The van der Waals surface area contributed by atoms with E-state index in [-0.39, 0.29) is 18.0 Å². The summed E-state index contributed by atoms with van der Waals surface area (Å²) < 4.78 is 26.4. The van der Waals surface area contributed by atoms with E-state index in [1.165, 1.54) is 6.07 Å². The quantitative estimate of drug-likeness (QED) is 0.739. The van der Waals surface area contributed by atoms with Crippen LogP contribution in [0.25, 0.3) is 0 Å². The summed E-state index contributed by atoms with van der Waals surface area (Å²) in [4.78, 5) is 23.4. The molecule has 0 saturated heterocycles. The van der Waals surface area contributed by atoms with Crippen molar-refractivity contribution in [3.05, 3.63) is 35.4 Å². The van der Waals surface area contributed by atoms with E-state index in [2.05, 4.69) is 10.6 Å². The topological polar surface area (TPSA) is 84.2 Å². The fourth-order valence-electron chi connectivity index (χ4n) is 1.81. The molecule has 0 aliphatic rings. The molecule has 1 rings (SSSR count). The molecule has 4 N–H and O–H groups in total. The van der Waals surface area contributed by atoms with Crippen LogP contribution in [0.1, 0.15) is 32.4 Å². The summed E-state index contributed by atoms with van der Waals surface area (Å²) in [6, 6.07) is 1.79. The summed E-state index contributed by atoms with van der Waals surface area (Å²) in [5.41, 5.74) is 5.81. The van der Waals surface area contributed by atoms with Gasteiger partial charge in [0, 0.05) is 11.6 Å². The minimum atomic E-state index is -0.737. The van der Waals surface area contributed by atoms with Crippen molar-refractivity contribution in [2.75, 3.05) is 6.54 Å². The average molecular weight is 313 g/mol. The van der Waals surface area contributed by atoms with Crippen molar-refractivity contribution in [1.29, 1.82) is 0 Å². The Morgan fingerprint density at radius 3 is 2.41 bits per heavy atom. The van der Waals surface area contributed by atoms with Gasteiger partial charge in [0.15, 0.2) is 0 Å². The highest BCUT2D eigenvalue weighted by atomic mass is 19.1. The van der Waals surface area contributed by atoms with Gasteiger partial charge in [-0.15, -0.1) is 0 Å². The van der Waals surface area contributed by atoms with Crippen LogP contribution in [0.15, 0.2) is 18.2 Å². The summed E-state index contributed by atoms with van der Waals surface area (Å²) in [5.74, 6) is -2.38. The smallest absolute Gasteiger partial charge is 0.239 e. The highest BCUT2D eigenvalue weighted by Crippen LogP contribution is 2.17. The predicted molar refractivity (Wildman–Crippen MR) is 78.7 cm³/mol. The maximum atomic E-state index is 13.6. The Kier molecular flexibility index (Phi) is 6.42. The second-order valence-electron chi connectivity index (χ2n) is 5.44. The Hall–Kier alpha value is -2.02. The van der Waals surface area contributed by atoms with Crippen LogP contribution in [0.2, 0.25) is 0 Å². The zero-order chi connectivity index (χ0) is 16.9. The summed E-state index contributed by atoms with van der Waals surface area (Å²) >= 11 is 0. The maximum absolute atomic E-state index is 13.6. The molecule has 0 bridgehead atoms. The SMILES string of the molecule is CC(C)[C@H](N)C(=O)NCC(=O)N[C@H](C)c1ccc(F)cc1F. The average Bonchev–Trinajstić information content (AvgIpc) is 2.43. The third-order valence-electron chi connectivity index (χ3n) is 3.25. The van der Waals surface area contributed by atoms with Gasteiger partial charge >= 0.3 is 0 Å². The first-order valence-electron chi connectivity index (χ1n) is 7.00. The molecule has 2 atom stereocenters. The Bertz CT molecular complexity index is 550. The van der Waals surface area contributed by atoms with E-state index in [1.807, 2.05) is 0 Å². The zero-order valence-corrected chi connectivity index (χ0v) is 12.8. The highest BCUT2D eigenvalue weighted by molar-refractivity contribution is 5.87. The van der Waals surface area contributed by atoms with E-state index in [0.717, 1.165) is 12.1 Å². The van der Waals surface area contributed by atoms with Crippen molar-refractivity contribution in [3.63, 3.8) is 0 Å². The molecular formula is C15H21F2N3O2. The Balaban J connectivity index is 2.53. The van der Waals surface area contributed by atoms with E-state index in [4.69, 9.17) is 5.73 Å². The lowest BCUT2D eigenvalue weighted by molar-refractivity contribution is -0.127. The number of carbonyl (C=O) groups excluding carboxylic acids is 2. The number of nitrogens with one attached hydrogen (secondary N) is 2.